The monoisotopic (exact) mass is 201 g/mol. The quantitative estimate of drug-likeness (QED) is 0.636. The van der Waals surface area contributed by atoms with Crippen LogP contribution in [0.3, 0.4) is 0 Å². The van der Waals surface area contributed by atoms with E-state index in [4.69, 9.17) is 0 Å². The first-order chi connectivity index (χ1) is 7.25. The first-order valence-electron chi connectivity index (χ1n) is 5.18. The van der Waals surface area contributed by atoms with Crippen molar-refractivity contribution >= 4 is 11.8 Å². The smallest absolute Gasteiger partial charge is 0.234 e. The van der Waals surface area contributed by atoms with Crippen molar-refractivity contribution < 1.29 is 9.59 Å². The molecule has 2 unspecified atom stereocenters. The molecule has 2 aliphatic rings. The van der Waals surface area contributed by atoms with Gasteiger partial charge in [0.25, 0.3) is 0 Å². The maximum atomic E-state index is 11.6. The number of amides is 2. The van der Waals surface area contributed by atoms with Crippen molar-refractivity contribution in [3.8, 4) is 0 Å². The molecule has 2 bridgehead atoms. The second-order valence-corrected chi connectivity index (χ2v) is 4.24. The average molecular weight is 201 g/mol. The normalized spacial score (nSPS) is 28.3. The molecule has 1 aliphatic heterocycles. The molecule has 1 saturated heterocycles. The van der Waals surface area contributed by atoms with E-state index < -0.39 is 0 Å². The van der Waals surface area contributed by atoms with Crippen molar-refractivity contribution in [1.82, 2.24) is 5.32 Å². The second kappa shape index (κ2) is 2.92. The minimum atomic E-state index is -0.136. The summed E-state index contributed by atoms with van der Waals surface area (Å²) >= 11 is 0. The molecular formula is C12H11NO2. The molecule has 76 valence electrons. The molecule has 3 nitrogen and oxygen atoms in total. The van der Waals surface area contributed by atoms with Crippen LogP contribution in [0.1, 0.15) is 23.5 Å². The van der Waals surface area contributed by atoms with Crippen LogP contribution in [0.4, 0.5) is 0 Å². The van der Waals surface area contributed by atoms with Crippen LogP contribution >= 0.6 is 0 Å². The van der Waals surface area contributed by atoms with E-state index in [2.05, 4.69) is 5.32 Å². The molecule has 1 aromatic carbocycles. The van der Waals surface area contributed by atoms with E-state index in [0.29, 0.717) is 6.42 Å². The number of rotatable bonds is 0. The van der Waals surface area contributed by atoms with Crippen molar-refractivity contribution in [2.75, 3.05) is 0 Å². The number of hydrogen-bond acceptors (Lipinski definition) is 2. The number of hydrogen-bond donors (Lipinski definition) is 1. The van der Waals surface area contributed by atoms with Crippen LogP contribution in [0.2, 0.25) is 0 Å². The van der Waals surface area contributed by atoms with Crippen molar-refractivity contribution in [1.29, 1.82) is 0 Å². The third kappa shape index (κ3) is 1.19. The number of imide groups is 1. The van der Waals surface area contributed by atoms with E-state index in [1.807, 2.05) is 24.3 Å². The van der Waals surface area contributed by atoms with E-state index in [1.165, 1.54) is 0 Å². The molecule has 1 heterocycles. The molecule has 0 saturated carbocycles. The summed E-state index contributed by atoms with van der Waals surface area (Å²) < 4.78 is 0. The highest BCUT2D eigenvalue weighted by Gasteiger charge is 2.39. The number of piperidine rings is 1. The predicted octanol–water partition coefficient (Wildman–Crippen LogP) is 0.989. The minimum absolute atomic E-state index is 0.0115. The Morgan fingerprint density at radius 2 is 1.93 bits per heavy atom. The summed E-state index contributed by atoms with van der Waals surface area (Å²) in [6, 6.07) is 7.91. The first-order valence-corrected chi connectivity index (χ1v) is 5.18. The fourth-order valence-electron chi connectivity index (χ4n) is 2.58. The predicted molar refractivity (Wildman–Crippen MR) is 54.1 cm³/mol. The van der Waals surface area contributed by atoms with E-state index in [0.717, 1.165) is 17.5 Å². The van der Waals surface area contributed by atoms with Gasteiger partial charge in [-0.2, -0.15) is 0 Å². The van der Waals surface area contributed by atoms with Crippen molar-refractivity contribution in [3.63, 3.8) is 0 Å². The number of benzene rings is 1. The van der Waals surface area contributed by atoms with Crippen LogP contribution < -0.4 is 5.32 Å². The van der Waals surface area contributed by atoms with Gasteiger partial charge < -0.3 is 0 Å². The fraction of sp³-hybridized carbons (Fsp3) is 0.333. The Kier molecular flexibility index (Phi) is 1.69. The average Bonchev–Trinajstić information content (AvgIpc) is 2.26. The van der Waals surface area contributed by atoms with Gasteiger partial charge in [-0.05, 0) is 24.0 Å². The molecule has 2 atom stereocenters. The van der Waals surface area contributed by atoms with Gasteiger partial charge in [0.2, 0.25) is 11.8 Å². The Labute approximate surface area is 87.5 Å². The van der Waals surface area contributed by atoms with Crippen LogP contribution in [0.5, 0.6) is 0 Å². The van der Waals surface area contributed by atoms with Crippen LogP contribution in [-0.2, 0) is 16.0 Å². The summed E-state index contributed by atoms with van der Waals surface area (Å²) in [4.78, 5) is 23.1. The SMILES string of the molecule is O=C1NC(=O)C2CC1Cc1ccccc12. The van der Waals surface area contributed by atoms with Gasteiger partial charge in [-0.25, -0.2) is 0 Å². The number of fused-ring (bicyclic) bond motifs is 4. The van der Waals surface area contributed by atoms with Gasteiger partial charge in [0.05, 0.1) is 5.92 Å². The Morgan fingerprint density at radius 3 is 2.80 bits per heavy atom. The lowest BCUT2D eigenvalue weighted by atomic mass is 9.74. The third-order valence-corrected chi connectivity index (χ3v) is 3.35. The zero-order valence-corrected chi connectivity index (χ0v) is 8.19. The van der Waals surface area contributed by atoms with Gasteiger partial charge in [-0.3, -0.25) is 14.9 Å². The standard InChI is InChI=1S/C12H11NO2/c14-11-8-5-7-3-1-2-4-9(7)10(6-8)12(15)13-11/h1-4,8,10H,5-6H2,(H,13,14,15). The van der Waals surface area contributed by atoms with Crippen molar-refractivity contribution in [2.45, 2.75) is 18.8 Å². The molecule has 1 aromatic rings. The molecular weight excluding hydrogens is 190 g/mol. The van der Waals surface area contributed by atoms with Crippen LogP contribution in [0.15, 0.2) is 24.3 Å². The Balaban J connectivity index is 2.12. The first kappa shape index (κ1) is 8.65. The van der Waals surface area contributed by atoms with Gasteiger partial charge in [0, 0.05) is 5.92 Å². The lowest BCUT2D eigenvalue weighted by Crippen LogP contribution is -2.48. The summed E-state index contributed by atoms with van der Waals surface area (Å²) in [7, 11) is 0. The summed E-state index contributed by atoms with van der Waals surface area (Å²) in [5, 5.41) is 2.44. The van der Waals surface area contributed by atoms with Gasteiger partial charge in [-0.15, -0.1) is 0 Å². The maximum Gasteiger partial charge on any atom is 0.234 e. The zero-order valence-electron chi connectivity index (χ0n) is 8.19. The lowest BCUT2D eigenvalue weighted by molar-refractivity contribution is -0.138. The van der Waals surface area contributed by atoms with Crippen LogP contribution in [0, 0.1) is 5.92 Å². The van der Waals surface area contributed by atoms with Gasteiger partial charge in [-0.1, -0.05) is 24.3 Å². The summed E-state index contributed by atoms with van der Waals surface area (Å²) in [5.41, 5.74) is 2.25. The minimum Gasteiger partial charge on any atom is -0.296 e. The zero-order chi connectivity index (χ0) is 10.4. The van der Waals surface area contributed by atoms with Gasteiger partial charge in [0.1, 0.15) is 0 Å². The van der Waals surface area contributed by atoms with E-state index in [-0.39, 0.29) is 23.7 Å². The summed E-state index contributed by atoms with van der Waals surface area (Å²) in [6.07, 6.45) is 1.45. The van der Waals surface area contributed by atoms with Gasteiger partial charge in [0.15, 0.2) is 0 Å². The third-order valence-electron chi connectivity index (χ3n) is 3.35. The maximum absolute atomic E-state index is 11.6. The highest BCUT2D eigenvalue weighted by atomic mass is 16.2. The molecule has 1 N–H and O–H groups in total. The molecule has 0 spiro atoms. The number of carbonyl (C=O) groups excluding carboxylic acids is 2. The van der Waals surface area contributed by atoms with E-state index >= 15 is 0 Å². The number of nitrogens with one attached hydrogen (secondary N) is 1. The van der Waals surface area contributed by atoms with Gasteiger partial charge >= 0.3 is 0 Å². The van der Waals surface area contributed by atoms with E-state index in [1.54, 1.807) is 0 Å². The molecule has 0 aromatic heterocycles. The topological polar surface area (TPSA) is 46.2 Å². The van der Waals surface area contributed by atoms with Crippen molar-refractivity contribution in [3.05, 3.63) is 35.4 Å². The molecule has 0 radical (unpaired) electrons. The van der Waals surface area contributed by atoms with E-state index in [9.17, 15) is 9.59 Å². The molecule has 15 heavy (non-hydrogen) atoms. The highest BCUT2D eigenvalue weighted by molar-refractivity contribution is 6.03. The molecule has 2 amide bonds. The highest BCUT2D eigenvalue weighted by Crippen LogP contribution is 2.37. The Morgan fingerprint density at radius 1 is 1.13 bits per heavy atom. The molecule has 1 aliphatic carbocycles. The van der Waals surface area contributed by atoms with Crippen LogP contribution in [-0.4, -0.2) is 11.8 Å². The summed E-state index contributed by atoms with van der Waals surface area (Å²) in [5.74, 6) is -0.366. The molecule has 3 heteroatoms. The fourth-order valence-corrected chi connectivity index (χ4v) is 2.58. The van der Waals surface area contributed by atoms with Crippen LogP contribution in [0.25, 0.3) is 0 Å². The number of carbonyl (C=O) groups is 2. The Hall–Kier alpha value is -1.64. The molecule has 3 rings (SSSR count). The Bertz CT molecular complexity index is 453. The largest absolute Gasteiger partial charge is 0.296 e. The molecule has 1 fully saturated rings. The second-order valence-electron chi connectivity index (χ2n) is 4.24. The lowest BCUT2D eigenvalue weighted by Gasteiger charge is -2.34. The summed E-state index contributed by atoms with van der Waals surface area (Å²) in [6.45, 7) is 0. The van der Waals surface area contributed by atoms with Crippen molar-refractivity contribution in [2.24, 2.45) is 5.92 Å².